The normalized spacial score (nSPS) is 15.2. The highest BCUT2D eigenvalue weighted by Crippen LogP contribution is 2.30. The lowest BCUT2D eigenvalue weighted by Crippen LogP contribution is -2.33. The Hall–Kier alpha value is -0.270. The SMILES string of the molecule is C=C[C@@H](CC(C)(C)S(N)=O)c1cc(F)cc(I)c1. The van der Waals surface area contributed by atoms with Crippen molar-refractivity contribution in [2.75, 3.05) is 0 Å². The summed E-state index contributed by atoms with van der Waals surface area (Å²) in [7, 11) is -1.43. The summed E-state index contributed by atoms with van der Waals surface area (Å²) in [5.41, 5.74) is 0.841. The third-order valence-electron chi connectivity index (χ3n) is 2.85. The first-order valence-corrected chi connectivity index (χ1v) is 7.80. The van der Waals surface area contributed by atoms with Crippen molar-refractivity contribution in [3.05, 3.63) is 45.8 Å². The van der Waals surface area contributed by atoms with Gasteiger partial charge in [-0.25, -0.2) is 8.60 Å². The Morgan fingerprint density at radius 2 is 2.17 bits per heavy atom. The highest BCUT2D eigenvalue weighted by molar-refractivity contribution is 14.1. The van der Waals surface area contributed by atoms with Crippen molar-refractivity contribution in [3.63, 3.8) is 0 Å². The second kappa shape index (κ2) is 6.25. The van der Waals surface area contributed by atoms with E-state index in [-0.39, 0.29) is 11.7 Å². The van der Waals surface area contributed by atoms with Crippen LogP contribution in [-0.2, 0) is 11.0 Å². The Labute approximate surface area is 124 Å². The highest BCUT2D eigenvalue weighted by atomic mass is 127. The van der Waals surface area contributed by atoms with Gasteiger partial charge in [-0.15, -0.1) is 6.58 Å². The van der Waals surface area contributed by atoms with Gasteiger partial charge < -0.3 is 0 Å². The van der Waals surface area contributed by atoms with E-state index in [1.54, 1.807) is 6.08 Å². The fourth-order valence-electron chi connectivity index (χ4n) is 1.74. The second-order valence-electron chi connectivity index (χ2n) is 4.81. The number of rotatable bonds is 5. The first kappa shape index (κ1) is 15.8. The molecule has 5 heteroatoms. The van der Waals surface area contributed by atoms with Crippen molar-refractivity contribution < 1.29 is 8.60 Å². The molecule has 1 unspecified atom stereocenters. The van der Waals surface area contributed by atoms with E-state index in [1.165, 1.54) is 12.1 Å². The number of hydrogen-bond acceptors (Lipinski definition) is 1. The smallest absolute Gasteiger partial charge is 0.124 e. The van der Waals surface area contributed by atoms with Crippen molar-refractivity contribution >= 4 is 33.6 Å². The maximum atomic E-state index is 13.4. The van der Waals surface area contributed by atoms with E-state index in [9.17, 15) is 8.60 Å². The van der Waals surface area contributed by atoms with Gasteiger partial charge in [-0.2, -0.15) is 0 Å². The summed E-state index contributed by atoms with van der Waals surface area (Å²) in [6, 6.07) is 4.87. The summed E-state index contributed by atoms with van der Waals surface area (Å²) in [5, 5.41) is 5.47. The molecule has 18 heavy (non-hydrogen) atoms. The Bertz CT molecular complexity index is 456. The highest BCUT2D eigenvalue weighted by Gasteiger charge is 2.27. The van der Waals surface area contributed by atoms with Crippen LogP contribution in [-0.4, -0.2) is 8.96 Å². The molecular formula is C13H17FINOS. The number of halogens is 2. The summed E-state index contributed by atoms with van der Waals surface area (Å²) in [6.45, 7) is 7.45. The van der Waals surface area contributed by atoms with Gasteiger partial charge in [0.25, 0.3) is 0 Å². The number of allylic oxidation sites excluding steroid dienone is 1. The Kier molecular flexibility index (Phi) is 5.48. The van der Waals surface area contributed by atoms with Crippen LogP contribution in [0, 0.1) is 9.39 Å². The summed E-state index contributed by atoms with van der Waals surface area (Å²) in [5.74, 6) is -0.327. The average Bonchev–Trinajstić information content (AvgIpc) is 2.24. The Balaban J connectivity index is 3.03. The molecule has 0 fully saturated rings. The monoisotopic (exact) mass is 381 g/mol. The van der Waals surface area contributed by atoms with E-state index in [0.717, 1.165) is 9.13 Å². The molecule has 0 spiro atoms. The van der Waals surface area contributed by atoms with Gasteiger partial charge in [-0.05, 0) is 66.6 Å². The Morgan fingerprint density at radius 1 is 1.56 bits per heavy atom. The van der Waals surface area contributed by atoms with Crippen LogP contribution < -0.4 is 5.14 Å². The topological polar surface area (TPSA) is 43.1 Å². The second-order valence-corrected chi connectivity index (χ2v) is 7.75. The van der Waals surface area contributed by atoms with Gasteiger partial charge in [0.2, 0.25) is 0 Å². The molecule has 2 N–H and O–H groups in total. The molecule has 0 amide bonds. The van der Waals surface area contributed by atoms with E-state index >= 15 is 0 Å². The third kappa shape index (κ3) is 4.13. The molecule has 0 aromatic heterocycles. The van der Waals surface area contributed by atoms with Gasteiger partial charge in [0.1, 0.15) is 5.82 Å². The van der Waals surface area contributed by atoms with Crippen molar-refractivity contribution in [3.8, 4) is 0 Å². The first-order chi connectivity index (χ1) is 8.26. The first-order valence-electron chi connectivity index (χ1n) is 5.51. The molecule has 0 bridgehead atoms. The molecule has 0 heterocycles. The summed E-state index contributed by atoms with van der Waals surface area (Å²) >= 11 is 2.07. The molecule has 0 aliphatic rings. The molecule has 0 aliphatic carbocycles. The van der Waals surface area contributed by atoms with Crippen LogP contribution in [0.1, 0.15) is 31.7 Å². The zero-order valence-electron chi connectivity index (χ0n) is 10.5. The third-order valence-corrected chi connectivity index (χ3v) is 4.73. The van der Waals surface area contributed by atoms with Gasteiger partial charge in [-0.3, -0.25) is 5.14 Å². The predicted octanol–water partition coefficient (Wildman–Crippen LogP) is 3.49. The van der Waals surface area contributed by atoms with Crippen LogP contribution in [0.15, 0.2) is 30.9 Å². The minimum atomic E-state index is -1.43. The number of hydrogen-bond donors (Lipinski definition) is 1. The van der Waals surface area contributed by atoms with Crippen molar-refractivity contribution in [2.45, 2.75) is 30.9 Å². The molecule has 0 radical (unpaired) electrons. The molecule has 0 saturated heterocycles. The molecule has 1 aromatic rings. The van der Waals surface area contributed by atoms with E-state index in [1.807, 2.05) is 19.9 Å². The van der Waals surface area contributed by atoms with Gasteiger partial charge in [-0.1, -0.05) is 6.08 Å². The molecule has 100 valence electrons. The lowest BCUT2D eigenvalue weighted by Gasteiger charge is -2.26. The largest absolute Gasteiger partial charge is 0.251 e. The van der Waals surface area contributed by atoms with E-state index < -0.39 is 15.7 Å². The van der Waals surface area contributed by atoms with Crippen molar-refractivity contribution in [1.82, 2.24) is 0 Å². The maximum absolute atomic E-state index is 13.4. The summed E-state index contributed by atoms with van der Waals surface area (Å²) < 4.78 is 25.2. The summed E-state index contributed by atoms with van der Waals surface area (Å²) in [4.78, 5) is 0. The lowest BCUT2D eigenvalue weighted by molar-refractivity contribution is 0.560. The molecular weight excluding hydrogens is 364 g/mol. The van der Waals surface area contributed by atoms with Crippen LogP contribution in [0.4, 0.5) is 4.39 Å². The van der Waals surface area contributed by atoms with E-state index in [0.29, 0.717) is 6.42 Å². The molecule has 0 aliphatic heterocycles. The fourth-order valence-corrected chi connectivity index (χ4v) is 2.74. The molecule has 2 nitrogen and oxygen atoms in total. The molecule has 1 rings (SSSR count). The predicted molar refractivity (Wildman–Crippen MR) is 83.1 cm³/mol. The minimum Gasteiger partial charge on any atom is -0.251 e. The van der Waals surface area contributed by atoms with Crippen LogP contribution in [0.2, 0.25) is 0 Å². The van der Waals surface area contributed by atoms with Crippen LogP contribution >= 0.6 is 22.6 Å². The van der Waals surface area contributed by atoms with Crippen molar-refractivity contribution in [2.24, 2.45) is 5.14 Å². The standard InChI is InChI=1S/C13H17FINOS/c1-4-9(8-13(2,3)18(16)17)10-5-11(14)7-12(15)6-10/h4-7,9H,1,8,16H2,2-3H3/t9-,18?/m0/s1. The fraction of sp³-hybridized carbons (Fsp3) is 0.385. The zero-order valence-corrected chi connectivity index (χ0v) is 13.4. The minimum absolute atomic E-state index is 0.0586. The molecule has 2 atom stereocenters. The van der Waals surface area contributed by atoms with Crippen LogP contribution in [0.5, 0.6) is 0 Å². The van der Waals surface area contributed by atoms with Gasteiger partial charge >= 0.3 is 0 Å². The Morgan fingerprint density at radius 3 is 2.61 bits per heavy atom. The molecule has 0 saturated carbocycles. The van der Waals surface area contributed by atoms with E-state index in [4.69, 9.17) is 5.14 Å². The van der Waals surface area contributed by atoms with Crippen LogP contribution in [0.3, 0.4) is 0 Å². The van der Waals surface area contributed by atoms with E-state index in [2.05, 4.69) is 29.2 Å². The maximum Gasteiger partial charge on any atom is 0.124 e. The summed E-state index contributed by atoms with van der Waals surface area (Å²) in [6.07, 6.45) is 2.32. The molecule has 1 aromatic carbocycles. The van der Waals surface area contributed by atoms with Gasteiger partial charge in [0, 0.05) is 9.49 Å². The lowest BCUT2D eigenvalue weighted by atomic mass is 9.90. The van der Waals surface area contributed by atoms with Crippen LogP contribution in [0.25, 0.3) is 0 Å². The zero-order chi connectivity index (χ0) is 13.9. The quantitative estimate of drug-likeness (QED) is 0.616. The number of benzene rings is 1. The van der Waals surface area contributed by atoms with Gasteiger partial charge in [0.15, 0.2) is 0 Å². The van der Waals surface area contributed by atoms with Gasteiger partial charge in [0.05, 0.1) is 15.7 Å². The number of nitrogens with two attached hydrogens (primary N) is 1. The average molecular weight is 381 g/mol. The van der Waals surface area contributed by atoms with Crippen molar-refractivity contribution in [1.29, 1.82) is 0 Å².